The molecular weight excluding hydrogens is 325 g/mol. The Morgan fingerprint density at radius 1 is 1.00 bits per heavy atom. The lowest BCUT2D eigenvalue weighted by Gasteiger charge is -2.09. The van der Waals surface area contributed by atoms with Gasteiger partial charge in [-0.3, -0.25) is 9.59 Å². The molecule has 0 aliphatic rings. The van der Waals surface area contributed by atoms with Crippen LogP contribution in [0.15, 0.2) is 18.2 Å². The summed E-state index contributed by atoms with van der Waals surface area (Å²) in [5, 5.41) is 4.10. The zero-order valence-electron chi connectivity index (χ0n) is 13.0. The van der Waals surface area contributed by atoms with E-state index in [1.165, 1.54) is 0 Å². The maximum Gasteiger partial charge on any atom is 0.471 e. The Kier molecular flexibility index (Phi) is 5.01. The lowest BCUT2D eigenvalue weighted by Crippen LogP contribution is -2.41. The van der Waals surface area contributed by atoms with Crippen LogP contribution in [0, 0.1) is 13.8 Å². The van der Waals surface area contributed by atoms with Crippen LogP contribution in [-0.4, -0.2) is 41.0 Å². The highest BCUT2D eigenvalue weighted by molar-refractivity contribution is 5.97. The van der Waals surface area contributed by atoms with Crippen LogP contribution in [0.1, 0.15) is 21.7 Å². The Balaban J connectivity index is 1.96. The highest BCUT2D eigenvalue weighted by Crippen LogP contribution is 2.15. The minimum Gasteiger partial charge on any atom is -0.350 e. The van der Waals surface area contributed by atoms with Crippen LogP contribution >= 0.6 is 0 Å². The molecule has 24 heavy (non-hydrogen) atoms. The normalized spacial score (nSPS) is 11.4. The lowest BCUT2D eigenvalue weighted by molar-refractivity contribution is -0.173. The molecule has 1 aromatic carbocycles. The summed E-state index contributed by atoms with van der Waals surface area (Å²) in [5.41, 5.74) is 3.04. The van der Waals surface area contributed by atoms with Crippen molar-refractivity contribution in [1.82, 2.24) is 20.6 Å². The van der Waals surface area contributed by atoms with Gasteiger partial charge in [0.25, 0.3) is 5.91 Å². The van der Waals surface area contributed by atoms with Crippen LogP contribution < -0.4 is 10.6 Å². The zero-order chi connectivity index (χ0) is 17.9. The van der Waals surface area contributed by atoms with Gasteiger partial charge >= 0.3 is 12.1 Å². The van der Waals surface area contributed by atoms with Gasteiger partial charge in [0.1, 0.15) is 0 Å². The highest BCUT2D eigenvalue weighted by atomic mass is 19.4. The smallest absolute Gasteiger partial charge is 0.350 e. The number of nitrogens with one attached hydrogen (secondary N) is 2. The molecule has 0 spiro atoms. The number of carbonyl (C=O) groups excluding carboxylic acids is 2. The van der Waals surface area contributed by atoms with Crippen LogP contribution in [0.4, 0.5) is 13.2 Å². The molecule has 2 rings (SSSR count). The molecule has 0 radical (unpaired) electrons. The summed E-state index contributed by atoms with van der Waals surface area (Å²) in [6.07, 6.45) is -4.93. The molecule has 0 saturated heterocycles. The molecule has 1 aromatic heterocycles. The van der Waals surface area contributed by atoms with E-state index in [0.717, 1.165) is 11.4 Å². The maximum atomic E-state index is 12.0. The van der Waals surface area contributed by atoms with Gasteiger partial charge in [-0.05, 0) is 32.0 Å². The number of aryl methyl sites for hydroxylation is 2. The van der Waals surface area contributed by atoms with Crippen LogP contribution in [-0.2, 0) is 4.79 Å². The van der Waals surface area contributed by atoms with Crippen molar-refractivity contribution in [3.05, 3.63) is 35.2 Å². The van der Waals surface area contributed by atoms with Gasteiger partial charge in [0, 0.05) is 18.7 Å². The van der Waals surface area contributed by atoms with Crippen LogP contribution in [0.5, 0.6) is 0 Å². The molecule has 0 unspecified atom stereocenters. The fourth-order valence-corrected chi connectivity index (χ4v) is 1.93. The molecule has 9 heteroatoms. The fraction of sp³-hybridized carbons (Fsp3) is 0.333. The van der Waals surface area contributed by atoms with E-state index >= 15 is 0 Å². The maximum absolute atomic E-state index is 12.0. The second kappa shape index (κ2) is 6.81. The third kappa shape index (κ3) is 4.18. The van der Waals surface area contributed by atoms with E-state index in [0.29, 0.717) is 16.6 Å². The first-order chi connectivity index (χ1) is 11.2. The SMILES string of the molecule is Cc1nc2ccc(C(=O)NCCNC(=O)C(F)(F)F)cc2nc1C. The number of hydrogen-bond acceptors (Lipinski definition) is 4. The molecule has 0 saturated carbocycles. The van der Waals surface area contributed by atoms with E-state index in [-0.39, 0.29) is 13.1 Å². The third-order valence-electron chi connectivity index (χ3n) is 3.29. The topological polar surface area (TPSA) is 84.0 Å². The highest BCUT2D eigenvalue weighted by Gasteiger charge is 2.38. The third-order valence-corrected chi connectivity index (χ3v) is 3.29. The van der Waals surface area contributed by atoms with Crippen LogP contribution in [0.3, 0.4) is 0 Å². The minimum absolute atomic E-state index is 0.128. The Labute approximate surface area is 135 Å². The van der Waals surface area contributed by atoms with Crippen molar-refractivity contribution in [3.63, 3.8) is 0 Å². The van der Waals surface area contributed by atoms with E-state index in [2.05, 4.69) is 15.3 Å². The minimum atomic E-state index is -4.93. The van der Waals surface area contributed by atoms with Gasteiger partial charge in [-0.2, -0.15) is 13.2 Å². The first-order valence-corrected chi connectivity index (χ1v) is 7.06. The van der Waals surface area contributed by atoms with Gasteiger partial charge < -0.3 is 10.6 Å². The van der Waals surface area contributed by atoms with Crippen molar-refractivity contribution in [1.29, 1.82) is 0 Å². The van der Waals surface area contributed by atoms with E-state index in [9.17, 15) is 22.8 Å². The number of aromatic nitrogens is 2. The second-order valence-electron chi connectivity index (χ2n) is 5.11. The summed E-state index contributed by atoms with van der Waals surface area (Å²) in [5.74, 6) is -2.51. The first-order valence-electron chi connectivity index (χ1n) is 7.06. The number of fused-ring (bicyclic) bond motifs is 1. The van der Waals surface area contributed by atoms with Crippen molar-refractivity contribution in [2.75, 3.05) is 13.1 Å². The molecule has 0 bridgehead atoms. The molecule has 2 N–H and O–H groups in total. The Hall–Kier alpha value is -2.71. The summed E-state index contributed by atoms with van der Waals surface area (Å²) in [4.78, 5) is 31.3. The molecule has 2 amide bonds. The van der Waals surface area contributed by atoms with E-state index < -0.39 is 18.0 Å². The summed E-state index contributed by atoms with van der Waals surface area (Å²) >= 11 is 0. The zero-order valence-corrected chi connectivity index (χ0v) is 13.0. The predicted molar refractivity (Wildman–Crippen MR) is 80.4 cm³/mol. The second-order valence-corrected chi connectivity index (χ2v) is 5.11. The Bertz CT molecular complexity index is 790. The van der Waals surface area contributed by atoms with Crippen LogP contribution in [0.25, 0.3) is 11.0 Å². The predicted octanol–water partition coefficient (Wildman–Crippen LogP) is 1.65. The number of alkyl halides is 3. The molecular formula is C15H15F3N4O2. The number of carbonyl (C=O) groups is 2. The molecule has 6 nitrogen and oxygen atoms in total. The van der Waals surface area contributed by atoms with Gasteiger partial charge in [0.05, 0.1) is 22.4 Å². The van der Waals surface area contributed by atoms with Gasteiger partial charge in [0.15, 0.2) is 0 Å². The Morgan fingerprint density at radius 2 is 1.58 bits per heavy atom. The van der Waals surface area contributed by atoms with E-state index in [1.807, 2.05) is 6.92 Å². The molecule has 0 aliphatic carbocycles. The summed E-state index contributed by atoms with van der Waals surface area (Å²) < 4.78 is 36.0. The first kappa shape index (κ1) is 17.6. The number of nitrogens with zero attached hydrogens (tertiary/aromatic N) is 2. The van der Waals surface area contributed by atoms with Crippen LogP contribution in [0.2, 0.25) is 0 Å². The van der Waals surface area contributed by atoms with Gasteiger partial charge in [-0.1, -0.05) is 0 Å². The molecule has 0 aliphatic heterocycles. The largest absolute Gasteiger partial charge is 0.471 e. The van der Waals surface area contributed by atoms with Gasteiger partial charge in [-0.25, -0.2) is 9.97 Å². The number of hydrogen-bond donors (Lipinski definition) is 2. The van der Waals surface area contributed by atoms with Crippen molar-refractivity contribution < 1.29 is 22.8 Å². The number of halogens is 3. The standard InChI is InChI=1S/C15H15F3N4O2/c1-8-9(2)22-12-7-10(3-4-11(12)21-8)13(23)19-5-6-20-14(24)15(16,17)18/h3-4,7H,5-6H2,1-2H3,(H,19,23)(H,20,24). The monoisotopic (exact) mass is 340 g/mol. The number of benzene rings is 1. The summed E-state index contributed by atoms with van der Waals surface area (Å²) in [7, 11) is 0. The van der Waals surface area contributed by atoms with Gasteiger partial charge in [0.2, 0.25) is 0 Å². The van der Waals surface area contributed by atoms with Crippen molar-refractivity contribution in [3.8, 4) is 0 Å². The average Bonchev–Trinajstić information content (AvgIpc) is 2.50. The average molecular weight is 340 g/mol. The summed E-state index contributed by atoms with van der Waals surface area (Å²) in [6, 6.07) is 4.75. The molecule has 2 aromatic rings. The molecule has 0 atom stereocenters. The van der Waals surface area contributed by atoms with E-state index in [1.54, 1.807) is 30.4 Å². The molecule has 128 valence electrons. The quantitative estimate of drug-likeness (QED) is 0.829. The molecule has 0 fully saturated rings. The Morgan fingerprint density at radius 3 is 2.21 bits per heavy atom. The van der Waals surface area contributed by atoms with Crippen molar-refractivity contribution in [2.24, 2.45) is 0 Å². The summed E-state index contributed by atoms with van der Waals surface area (Å²) in [6.45, 7) is 3.18. The number of rotatable bonds is 4. The van der Waals surface area contributed by atoms with Gasteiger partial charge in [-0.15, -0.1) is 0 Å². The fourth-order valence-electron chi connectivity index (χ4n) is 1.93. The van der Waals surface area contributed by atoms with E-state index in [4.69, 9.17) is 0 Å². The number of amides is 2. The van der Waals surface area contributed by atoms with Crippen molar-refractivity contribution >= 4 is 22.8 Å². The lowest BCUT2D eigenvalue weighted by atomic mass is 10.1. The van der Waals surface area contributed by atoms with Crippen molar-refractivity contribution in [2.45, 2.75) is 20.0 Å². The molecule has 1 heterocycles.